The molecule has 0 saturated carbocycles. The van der Waals surface area contributed by atoms with Crippen molar-refractivity contribution in [1.29, 1.82) is 0 Å². The van der Waals surface area contributed by atoms with Crippen LogP contribution >= 0.6 is 33.8 Å². The maximum absolute atomic E-state index is 12.9. The van der Waals surface area contributed by atoms with Crippen molar-refractivity contribution < 1.29 is 12.0 Å². The van der Waals surface area contributed by atoms with Crippen LogP contribution in [-0.4, -0.2) is 36.5 Å². The zero-order chi connectivity index (χ0) is 18.2. The van der Waals surface area contributed by atoms with E-state index in [0.717, 1.165) is 15.4 Å². The molecule has 0 amide bonds. The molecule has 2 heterocycles. The standard InChI is InChI=1S/C16H18N2O3S4/c1-11-5-7-12(8-6-11)25(19,20)21-24(4)15-13(18-16(24)23-3)9-17-10-14(15)22-2/h5-10H,1-4H3. The highest BCUT2D eigenvalue weighted by molar-refractivity contribution is 8.56. The lowest BCUT2D eigenvalue weighted by Gasteiger charge is -2.32. The number of benzene rings is 1. The summed E-state index contributed by atoms with van der Waals surface area (Å²) in [6.07, 6.45) is 9.03. The lowest BCUT2D eigenvalue weighted by molar-refractivity contribution is 0.513. The Balaban J connectivity index is 2.10. The van der Waals surface area contributed by atoms with Crippen LogP contribution in [0.5, 0.6) is 0 Å². The van der Waals surface area contributed by atoms with Gasteiger partial charge in [0, 0.05) is 11.1 Å². The van der Waals surface area contributed by atoms with Gasteiger partial charge in [-0.2, -0.15) is 8.42 Å². The zero-order valence-electron chi connectivity index (χ0n) is 14.2. The summed E-state index contributed by atoms with van der Waals surface area (Å²) in [5, 5.41) is 0. The number of fused-ring (bicyclic) bond motifs is 1. The second-order valence-electron chi connectivity index (χ2n) is 5.45. The van der Waals surface area contributed by atoms with Crippen LogP contribution in [0.2, 0.25) is 0 Å². The van der Waals surface area contributed by atoms with Crippen LogP contribution in [0.25, 0.3) is 0 Å². The smallest absolute Gasteiger partial charge is 0.261 e. The maximum Gasteiger partial charge on any atom is 0.306 e. The number of pyridine rings is 1. The Morgan fingerprint density at radius 3 is 2.36 bits per heavy atom. The molecule has 0 aliphatic carbocycles. The number of aliphatic imine (C=N–C) groups is 1. The summed E-state index contributed by atoms with van der Waals surface area (Å²) in [5.41, 5.74) is 1.68. The normalized spacial score (nSPS) is 22.2. The Morgan fingerprint density at radius 1 is 1.08 bits per heavy atom. The molecule has 2 aromatic rings. The fourth-order valence-electron chi connectivity index (χ4n) is 2.50. The number of aromatic nitrogens is 1. The minimum Gasteiger partial charge on any atom is -0.261 e. The summed E-state index contributed by atoms with van der Waals surface area (Å²) in [5.74, 6) is 0. The molecule has 25 heavy (non-hydrogen) atoms. The Kier molecular flexibility index (Phi) is 5.23. The quantitative estimate of drug-likeness (QED) is 0.682. The molecule has 5 nitrogen and oxygen atoms in total. The van der Waals surface area contributed by atoms with E-state index >= 15 is 0 Å². The number of aryl methyl sites for hydroxylation is 1. The molecular weight excluding hydrogens is 396 g/mol. The van der Waals surface area contributed by atoms with Gasteiger partial charge in [0.1, 0.15) is 4.38 Å². The van der Waals surface area contributed by atoms with Gasteiger partial charge < -0.3 is 0 Å². The molecule has 134 valence electrons. The first-order valence-corrected chi connectivity index (χ1v) is 13.1. The van der Waals surface area contributed by atoms with Crippen molar-refractivity contribution in [2.75, 3.05) is 18.8 Å². The van der Waals surface area contributed by atoms with Crippen molar-refractivity contribution >= 4 is 54.0 Å². The molecule has 1 aliphatic heterocycles. The summed E-state index contributed by atoms with van der Waals surface area (Å²) in [6, 6.07) is 6.66. The highest BCUT2D eigenvalue weighted by atomic mass is 32.3. The van der Waals surface area contributed by atoms with E-state index in [2.05, 4.69) is 9.98 Å². The monoisotopic (exact) mass is 414 g/mol. The first-order valence-electron chi connectivity index (χ1n) is 7.27. The molecule has 0 bridgehead atoms. The van der Waals surface area contributed by atoms with Gasteiger partial charge in [0.05, 0.1) is 21.7 Å². The van der Waals surface area contributed by atoms with E-state index in [0.29, 0.717) is 10.1 Å². The van der Waals surface area contributed by atoms with Gasteiger partial charge in [-0.25, -0.2) is 8.62 Å². The Bertz CT molecular complexity index is 942. The number of nitrogens with zero attached hydrogens (tertiary/aromatic N) is 2. The number of hydrogen-bond acceptors (Lipinski definition) is 7. The van der Waals surface area contributed by atoms with Crippen LogP contribution in [0.4, 0.5) is 5.69 Å². The number of rotatable bonds is 4. The van der Waals surface area contributed by atoms with E-state index in [9.17, 15) is 8.42 Å². The summed E-state index contributed by atoms with van der Waals surface area (Å²) in [4.78, 5) is 10.6. The molecule has 1 aliphatic rings. The Labute approximate surface area is 158 Å². The fraction of sp³-hybridized carbons (Fsp3) is 0.250. The van der Waals surface area contributed by atoms with Gasteiger partial charge in [0.15, 0.2) is 0 Å². The Hall–Kier alpha value is -1.00. The number of thioether (sulfide) groups is 2. The fourth-order valence-corrected chi connectivity index (χ4v) is 9.75. The molecule has 0 N–H and O–H groups in total. The summed E-state index contributed by atoms with van der Waals surface area (Å²) in [7, 11) is -6.16. The molecule has 9 heteroatoms. The van der Waals surface area contributed by atoms with Crippen molar-refractivity contribution in [2.24, 2.45) is 4.99 Å². The first-order chi connectivity index (χ1) is 11.8. The van der Waals surface area contributed by atoms with Crippen LogP contribution in [0.15, 0.2) is 56.3 Å². The average Bonchev–Trinajstić information content (AvgIpc) is 2.86. The number of hydrogen-bond donors (Lipinski definition) is 0. The predicted octanol–water partition coefficient (Wildman–Crippen LogP) is 4.59. The highest BCUT2D eigenvalue weighted by Gasteiger charge is 2.42. The van der Waals surface area contributed by atoms with Crippen molar-refractivity contribution in [3.05, 3.63) is 42.2 Å². The summed E-state index contributed by atoms with van der Waals surface area (Å²) >= 11 is 2.93. The van der Waals surface area contributed by atoms with E-state index < -0.39 is 20.4 Å². The molecule has 1 aromatic carbocycles. The molecule has 0 fully saturated rings. The van der Waals surface area contributed by atoms with Crippen LogP contribution in [-0.2, 0) is 13.7 Å². The lowest BCUT2D eigenvalue weighted by atomic mass is 10.2. The summed E-state index contributed by atoms with van der Waals surface area (Å²) < 4.78 is 32.3. The van der Waals surface area contributed by atoms with Gasteiger partial charge in [-0.1, -0.05) is 17.7 Å². The third-order valence-corrected chi connectivity index (χ3v) is 11.1. The van der Waals surface area contributed by atoms with E-state index in [-0.39, 0.29) is 4.90 Å². The molecule has 1 unspecified atom stereocenters. The van der Waals surface area contributed by atoms with Gasteiger partial charge in [-0.15, -0.1) is 23.5 Å². The SMILES string of the molecule is CSC1=Nc2cncc(SC)c2S1(C)OS(=O)(=O)c1ccc(C)cc1. The molecule has 0 radical (unpaired) electrons. The second-order valence-corrected chi connectivity index (χ2v) is 11.8. The van der Waals surface area contributed by atoms with Gasteiger partial charge in [0.2, 0.25) is 0 Å². The van der Waals surface area contributed by atoms with Gasteiger partial charge in [-0.3, -0.25) is 4.98 Å². The third-order valence-electron chi connectivity index (χ3n) is 3.71. The third kappa shape index (κ3) is 3.35. The molecule has 1 aromatic heterocycles. The van der Waals surface area contributed by atoms with Crippen molar-refractivity contribution in [2.45, 2.75) is 21.6 Å². The molecular formula is C16H18N2O3S4. The largest absolute Gasteiger partial charge is 0.306 e. The lowest BCUT2D eigenvalue weighted by Crippen LogP contribution is -2.15. The van der Waals surface area contributed by atoms with E-state index in [4.69, 9.17) is 3.63 Å². The molecule has 0 spiro atoms. The van der Waals surface area contributed by atoms with E-state index in [1.807, 2.05) is 25.7 Å². The predicted molar refractivity (Wildman–Crippen MR) is 108 cm³/mol. The van der Waals surface area contributed by atoms with Crippen molar-refractivity contribution in [1.82, 2.24) is 4.98 Å². The topological polar surface area (TPSA) is 68.6 Å². The first kappa shape index (κ1) is 18.8. The van der Waals surface area contributed by atoms with Crippen molar-refractivity contribution in [3.8, 4) is 0 Å². The molecule has 1 atom stereocenters. The van der Waals surface area contributed by atoms with E-state index in [1.165, 1.54) is 23.5 Å². The van der Waals surface area contributed by atoms with Crippen LogP contribution < -0.4 is 0 Å². The molecule has 0 saturated heterocycles. The van der Waals surface area contributed by atoms with Crippen LogP contribution in [0.1, 0.15) is 5.56 Å². The van der Waals surface area contributed by atoms with Gasteiger partial charge in [0.25, 0.3) is 0 Å². The second kappa shape index (κ2) is 6.96. The van der Waals surface area contributed by atoms with Gasteiger partial charge in [-0.05, 0) is 48.1 Å². The molecule has 3 rings (SSSR count). The average molecular weight is 415 g/mol. The van der Waals surface area contributed by atoms with Crippen LogP contribution in [0.3, 0.4) is 0 Å². The minimum absolute atomic E-state index is 0.153. The Morgan fingerprint density at radius 2 is 1.76 bits per heavy atom. The minimum atomic E-state index is -3.92. The van der Waals surface area contributed by atoms with Crippen LogP contribution in [0, 0.1) is 6.92 Å². The summed E-state index contributed by atoms with van der Waals surface area (Å²) in [6.45, 7) is 1.91. The maximum atomic E-state index is 12.9. The van der Waals surface area contributed by atoms with Gasteiger partial charge >= 0.3 is 10.1 Å². The zero-order valence-corrected chi connectivity index (χ0v) is 17.5. The highest BCUT2D eigenvalue weighted by Crippen LogP contribution is 2.67. The van der Waals surface area contributed by atoms with Crippen molar-refractivity contribution in [3.63, 3.8) is 0 Å². The van der Waals surface area contributed by atoms with E-state index in [1.54, 1.807) is 36.7 Å².